The average Bonchev–Trinajstić information content (AvgIpc) is 2.38. The smallest absolute Gasteiger partial charge is 0.339 e. The second-order valence-corrected chi connectivity index (χ2v) is 4.52. The van der Waals surface area contributed by atoms with E-state index in [0.29, 0.717) is 15.9 Å². The van der Waals surface area contributed by atoms with Gasteiger partial charge < -0.3 is 10.4 Å². The van der Waals surface area contributed by atoms with E-state index in [9.17, 15) is 9.18 Å². The van der Waals surface area contributed by atoms with Gasteiger partial charge in [-0.15, -0.1) is 0 Å². The summed E-state index contributed by atoms with van der Waals surface area (Å²) >= 11 is 3.22. The molecule has 0 unspecified atom stereocenters. The van der Waals surface area contributed by atoms with E-state index < -0.39 is 5.97 Å². The van der Waals surface area contributed by atoms with Crippen LogP contribution in [0.2, 0.25) is 0 Å². The standard InChI is InChI=1S/C12H9BrFN3O2/c13-9-3-7(14)1-2-10(9)16-5-11-8(12(18)19)4-15-6-17-11/h1-4,6,16H,5H2,(H,18,19). The molecule has 98 valence electrons. The molecule has 0 saturated heterocycles. The number of aromatic nitrogens is 2. The number of aromatic carboxylic acids is 1. The monoisotopic (exact) mass is 325 g/mol. The number of nitrogens with zero attached hydrogens (tertiary/aromatic N) is 2. The predicted molar refractivity (Wildman–Crippen MR) is 70.4 cm³/mol. The van der Waals surface area contributed by atoms with Crippen LogP contribution in [-0.2, 0) is 6.54 Å². The van der Waals surface area contributed by atoms with Crippen molar-refractivity contribution in [2.45, 2.75) is 6.54 Å². The Labute approximate surface area is 116 Å². The number of benzene rings is 1. The van der Waals surface area contributed by atoms with Crippen molar-refractivity contribution < 1.29 is 14.3 Å². The molecule has 0 aliphatic heterocycles. The second kappa shape index (κ2) is 5.75. The Morgan fingerprint density at radius 2 is 2.26 bits per heavy atom. The van der Waals surface area contributed by atoms with Gasteiger partial charge in [0.05, 0.1) is 12.2 Å². The maximum atomic E-state index is 12.9. The summed E-state index contributed by atoms with van der Waals surface area (Å²) in [5, 5.41) is 12.0. The van der Waals surface area contributed by atoms with Crippen LogP contribution in [0.15, 0.2) is 35.2 Å². The van der Waals surface area contributed by atoms with E-state index in [1.807, 2.05) is 0 Å². The van der Waals surface area contributed by atoms with E-state index in [0.717, 1.165) is 0 Å². The number of hydrogen-bond acceptors (Lipinski definition) is 4. The average molecular weight is 326 g/mol. The molecule has 2 aromatic rings. The molecule has 19 heavy (non-hydrogen) atoms. The minimum absolute atomic E-state index is 0.0354. The predicted octanol–water partition coefficient (Wildman–Crippen LogP) is 2.69. The molecule has 0 fully saturated rings. The molecule has 5 nitrogen and oxygen atoms in total. The third-order valence-corrected chi connectivity index (χ3v) is 3.06. The Morgan fingerprint density at radius 3 is 2.95 bits per heavy atom. The van der Waals surface area contributed by atoms with Gasteiger partial charge in [-0.3, -0.25) is 0 Å². The van der Waals surface area contributed by atoms with E-state index in [1.165, 1.54) is 24.7 Å². The molecule has 1 heterocycles. The molecule has 0 atom stereocenters. The first kappa shape index (κ1) is 13.4. The zero-order valence-corrected chi connectivity index (χ0v) is 11.2. The SMILES string of the molecule is O=C(O)c1cncnc1CNc1ccc(F)cc1Br. The van der Waals surface area contributed by atoms with Crippen molar-refractivity contribution in [1.29, 1.82) is 0 Å². The molecule has 2 N–H and O–H groups in total. The lowest BCUT2D eigenvalue weighted by Gasteiger charge is -2.09. The van der Waals surface area contributed by atoms with E-state index in [2.05, 4.69) is 31.2 Å². The van der Waals surface area contributed by atoms with Gasteiger partial charge in [-0.25, -0.2) is 19.2 Å². The van der Waals surface area contributed by atoms with Gasteiger partial charge in [0.25, 0.3) is 0 Å². The third kappa shape index (κ3) is 3.25. The molecule has 7 heteroatoms. The van der Waals surface area contributed by atoms with Crippen molar-refractivity contribution in [2.75, 3.05) is 5.32 Å². The zero-order valence-electron chi connectivity index (χ0n) is 9.60. The Morgan fingerprint density at radius 1 is 1.47 bits per heavy atom. The summed E-state index contributed by atoms with van der Waals surface area (Å²) in [5.41, 5.74) is 1.04. The summed E-state index contributed by atoms with van der Waals surface area (Å²) in [6.45, 7) is 0.203. The van der Waals surface area contributed by atoms with Gasteiger partial charge in [-0.2, -0.15) is 0 Å². The van der Waals surface area contributed by atoms with E-state index in [4.69, 9.17) is 5.11 Å². The van der Waals surface area contributed by atoms with Crippen molar-refractivity contribution in [3.8, 4) is 0 Å². The summed E-state index contributed by atoms with van der Waals surface area (Å²) in [6, 6.07) is 4.19. The van der Waals surface area contributed by atoms with Crippen LogP contribution in [0.3, 0.4) is 0 Å². The van der Waals surface area contributed by atoms with Crippen LogP contribution < -0.4 is 5.32 Å². The van der Waals surface area contributed by atoms with E-state index in [-0.39, 0.29) is 17.9 Å². The highest BCUT2D eigenvalue weighted by Gasteiger charge is 2.11. The number of rotatable bonds is 4. The summed E-state index contributed by atoms with van der Waals surface area (Å²) in [6.07, 6.45) is 2.52. The van der Waals surface area contributed by atoms with E-state index >= 15 is 0 Å². The zero-order chi connectivity index (χ0) is 13.8. The first-order chi connectivity index (χ1) is 9.08. The van der Waals surface area contributed by atoms with Crippen molar-refractivity contribution in [3.05, 3.63) is 52.3 Å². The number of carboxylic acid groups (broad SMARTS) is 1. The van der Waals surface area contributed by atoms with Crippen LogP contribution in [0, 0.1) is 5.82 Å². The summed E-state index contributed by atoms with van der Waals surface area (Å²) < 4.78 is 13.5. The number of anilines is 1. The van der Waals surface area contributed by atoms with Crippen LogP contribution in [0.25, 0.3) is 0 Å². The van der Waals surface area contributed by atoms with Gasteiger partial charge in [0.15, 0.2) is 0 Å². The van der Waals surface area contributed by atoms with Crippen LogP contribution in [0.1, 0.15) is 16.1 Å². The number of carboxylic acids is 1. The quantitative estimate of drug-likeness (QED) is 0.903. The molecule has 0 aliphatic rings. The number of halogens is 2. The fourth-order valence-corrected chi connectivity index (χ4v) is 1.98. The minimum atomic E-state index is -1.09. The lowest BCUT2D eigenvalue weighted by molar-refractivity contribution is 0.0694. The first-order valence-electron chi connectivity index (χ1n) is 5.29. The number of hydrogen-bond donors (Lipinski definition) is 2. The normalized spacial score (nSPS) is 10.2. The van der Waals surface area contributed by atoms with E-state index in [1.54, 1.807) is 6.07 Å². The number of nitrogens with one attached hydrogen (secondary N) is 1. The highest BCUT2D eigenvalue weighted by molar-refractivity contribution is 9.10. The lowest BCUT2D eigenvalue weighted by Crippen LogP contribution is -2.10. The molecule has 0 saturated carbocycles. The fraction of sp³-hybridized carbons (Fsp3) is 0.0833. The topological polar surface area (TPSA) is 75.1 Å². The van der Waals surface area contributed by atoms with Crippen molar-refractivity contribution in [2.24, 2.45) is 0 Å². The fourth-order valence-electron chi connectivity index (χ4n) is 1.49. The molecular weight excluding hydrogens is 317 g/mol. The summed E-state index contributed by atoms with van der Waals surface area (Å²) in [4.78, 5) is 18.6. The Hall–Kier alpha value is -2.02. The van der Waals surface area contributed by atoms with Crippen LogP contribution in [-0.4, -0.2) is 21.0 Å². The van der Waals surface area contributed by atoms with Crippen molar-refractivity contribution in [3.63, 3.8) is 0 Å². The maximum absolute atomic E-state index is 12.9. The molecule has 1 aromatic heterocycles. The minimum Gasteiger partial charge on any atom is -0.478 e. The van der Waals surface area contributed by atoms with Gasteiger partial charge in [-0.1, -0.05) is 0 Å². The van der Waals surface area contributed by atoms with Gasteiger partial charge >= 0.3 is 5.97 Å². The second-order valence-electron chi connectivity index (χ2n) is 3.67. The molecule has 0 bridgehead atoms. The van der Waals surface area contributed by atoms with Gasteiger partial charge in [0.2, 0.25) is 0 Å². The Balaban J connectivity index is 2.17. The highest BCUT2D eigenvalue weighted by atomic mass is 79.9. The molecule has 0 aliphatic carbocycles. The third-order valence-electron chi connectivity index (χ3n) is 2.40. The maximum Gasteiger partial charge on any atom is 0.339 e. The number of carbonyl (C=O) groups is 1. The Bertz CT molecular complexity index is 622. The van der Waals surface area contributed by atoms with Gasteiger partial charge in [-0.05, 0) is 34.1 Å². The molecule has 2 rings (SSSR count). The molecular formula is C12H9BrFN3O2. The van der Waals surface area contributed by atoms with Crippen LogP contribution in [0.5, 0.6) is 0 Å². The molecule has 1 aromatic carbocycles. The van der Waals surface area contributed by atoms with Gasteiger partial charge in [0, 0.05) is 16.4 Å². The molecule has 0 amide bonds. The molecule has 0 radical (unpaired) electrons. The Kier molecular flexibility index (Phi) is 4.06. The van der Waals surface area contributed by atoms with Crippen LogP contribution in [0.4, 0.5) is 10.1 Å². The largest absolute Gasteiger partial charge is 0.478 e. The first-order valence-corrected chi connectivity index (χ1v) is 6.08. The van der Waals surface area contributed by atoms with Crippen LogP contribution >= 0.6 is 15.9 Å². The highest BCUT2D eigenvalue weighted by Crippen LogP contribution is 2.23. The van der Waals surface area contributed by atoms with Gasteiger partial charge in [0.1, 0.15) is 17.7 Å². The summed E-state index contributed by atoms with van der Waals surface area (Å²) in [5.74, 6) is -1.44. The lowest BCUT2D eigenvalue weighted by atomic mass is 10.2. The molecule has 0 spiro atoms. The van der Waals surface area contributed by atoms with Crippen molar-refractivity contribution in [1.82, 2.24) is 9.97 Å². The summed E-state index contributed by atoms with van der Waals surface area (Å²) in [7, 11) is 0. The van der Waals surface area contributed by atoms with Crippen molar-refractivity contribution >= 4 is 27.6 Å².